The van der Waals surface area contributed by atoms with Crippen molar-refractivity contribution in [3.63, 3.8) is 0 Å². The topological polar surface area (TPSA) is 100 Å². The van der Waals surface area contributed by atoms with E-state index in [0.717, 1.165) is 15.5 Å². The molecule has 210 valence electrons. The number of thiophene rings is 1. The van der Waals surface area contributed by atoms with E-state index in [1.807, 2.05) is 61.9 Å². The zero-order valence-electron chi connectivity index (χ0n) is 23.0. The Morgan fingerprint density at radius 3 is 2.40 bits per heavy atom. The van der Waals surface area contributed by atoms with Gasteiger partial charge in [-0.25, -0.2) is 0 Å². The fourth-order valence-corrected chi connectivity index (χ4v) is 6.14. The van der Waals surface area contributed by atoms with Crippen molar-refractivity contribution in [2.75, 3.05) is 19.8 Å². The maximum absolute atomic E-state index is 13.2. The van der Waals surface area contributed by atoms with Gasteiger partial charge in [0.1, 0.15) is 17.5 Å². The van der Waals surface area contributed by atoms with Gasteiger partial charge in [-0.15, -0.1) is 23.1 Å². The van der Waals surface area contributed by atoms with E-state index in [4.69, 9.17) is 4.74 Å². The number of hydrogen-bond donors (Lipinski definition) is 2. The Labute approximate surface area is 243 Å². The van der Waals surface area contributed by atoms with Gasteiger partial charge in [-0.05, 0) is 68.0 Å². The van der Waals surface area contributed by atoms with E-state index in [0.29, 0.717) is 30.0 Å². The second-order valence-corrected chi connectivity index (χ2v) is 11.4. The minimum atomic E-state index is -0.581. The molecule has 1 fully saturated rings. The standard InChI is InChI=1S/C30H34N4O4S2/c1-19-14-26(29(37)32-16-25-15-22(18-40-25)30(31-3)39-4)34(20(19)2)27(35)17-33-28(36)21-10-12-24(13-11-21)38-23-8-6-5-7-9-23/h5-13,15,18-20,26H,14,16-17H2,1-4H3,(H,32,37)(H,33,36). The van der Waals surface area contributed by atoms with Gasteiger partial charge >= 0.3 is 0 Å². The summed E-state index contributed by atoms with van der Waals surface area (Å²) in [6.45, 7) is 4.18. The van der Waals surface area contributed by atoms with Crippen molar-refractivity contribution >= 4 is 45.9 Å². The van der Waals surface area contributed by atoms with Crippen molar-refractivity contribution in [2.45, 2.75) is 38.9 Å². The lowest BCUT2D eigenvalue weighted by Gasteiger charge is -2.28. The van der Waals surface area contributed by atoms with E-state index in [2.05, 4.69) is 15.6 Å². The lowest BCUT2D eigenvalue weighted by molar-refractivity contribution is -0.139. The molecule has 1 aliphatic heterocycles. The summed E-state index contributed by atoms with van der Waals surface area (Å²) in [5.74, 6) is 0.633. The molecule has 4 rings (SSSR count). The summed E-state index contributed by atoms with van der Waals surface area (Å²) >= 11 is 3.15. The summed E-state index contributed by atoms with van der Waals surface area (Å²) in [7, 11) is 1.76. The number of nitrogens with zero attached hydrogens (tertiary/aromatic N) is 2. The van der Waals surface area contributed by atoms with E-state index in [-0.39, 0.29) is 36.2 Å². The molecule has 0 radical (unpaired) electrons. The van der Waals surface area contributed by atoms with Crippen molar-refractivity contribution < 1.29 is 19.1 Å². The molecular weight excluding hydrogens is 544 g/mol. The predicted octanol–water partition coefficient (Wildman–Crippen LogP) is 4.95. The van der Waals surface area contributed by atoms with Crippen LogP contribution in [0.15, 0.2) is 71.0 Å². The summed E-state index contributed by atoms with van der Waals surface area (Å²) in [4.78, 5) is 46.1. The lowest BCUT2D eigenvalue weighted by atomic mass is 10.0. The molecule has 10 heteroatoms. The Kier molecular flexibility index (Phi) is 10.0. The number of rotatable bonds is 9. The van der Waals surface area contributed by atoms with Crippen LogP contribution in [0.5, 0.6) is 11.5 Å². The van der Waals surface area contributed by atoms with Crippen molar-refractivity contribution in [1.29, 1.82) is 0 Å². The van der Waals surface area contributed by atoms with Gasteiger partial charge in [0.25, 0.3) is 5.91 Å². The number of amides is 3. The molecule has 3 amide bonds. The van der Waals surface area contributed by atoms with E-state index >= 15 is 0 Å². The van der Waals surface area contributed by atoms with Gasteiger partial charge in [0.2, 0.25) is 11.8 Å². The third-order valence-electron chi connectivity index (χ3n) is 7.01. The van der Waals surface area contributed by atoms with E-state index in [1.165, 1.54) is 0 Å². The number of thioether (sulfide) groups is 1. The van der Waals surface area contributed by atoms with Crippen molar-refractivity contribution in [3.05, 3.63) is 82.0 Å². The average molecular weight is 579 g/mol. The smallest absolute Gasteiger partial charge is 0.251 e. The highest BCUT2D eigenvalue weighted by atomic mass is 32.2. The normalized spacial score (nSPS) is 18.9. The molecule has 0 aliphatic carbocycles. The van der Waals surface area contributed by atoms with Gasteiger partial charge in [0.05, 0.1) is 18.1 Å². The molecule has 3 unspecified atom stereocenters. The molecule has 2 aromatic carbocycles. The first-order valence-corrected chi connectivity index (χ1v) is 15.2. The average Bonchev–Trinajstić information content (AvgIpc) is 3.56. The first-order chi connectivity index (χ1) is 19.3. The molecule has 1 saturated heterocycles. The summed E-state index contributed by atoms with van der Waals surface area (Å²) in [6.07, 6.45) is 2.56. The summed E-state index contributed by atoms with van der Waals surface area (Å²) in [5.41, 5.74) is 1.46. The Hall–Kier alpha value is -3.63. The fourth-order valence-electron chi connectivity index (χ4n) is 4.72. The van der Waals surface area contributed by atoms with Gasteiger partial charge in [-0.1, -0.05) is 25.1 Å². The fraction of sp³-hybridized carbons (Fsp3) is 0.333. The number of carbonyl (C=O) groups is 3. The number of benzene rings is 2. The van der Waals surface area contributed by atoms with Crippen LogP contribution in [0, 0.1) is 5.92 Å². The van der Waals surface area contributed by atoms with Crippen molar-refractivity contribution in [3.8, 4) is 11.5 Å². The highest BCUT2D eigenvalue weighted by molar-refractivity contribution is 8.13. The monoisotopic (exact) mass is 578 g/mol. The zero-order chi connectivity index (χ0) is 28.6. The number of hydrogen-bond acceptors (Lipinski definition) is 7. The highest BCUT2D eigenvalue weighted by Gasteiger charge is 2.42. The van der Waals surface area contributed by atoms with Gasteiger partial charge in [-0.2, -0.15) is 0 Å². The van der Waals surface area contributed by atoms with Gasteiger partial charge in [-0.3, -0.25) is 19.4 Å². The van der Waals surface area contributed by atoms with Crippen LogP contribution in [0.2, 0.25) is 0 Å². The Morgan fingerprint density at radius 2 is 1.73 bits per heavy atom. The summed E-state index contributed by atoms with van der Waals surface area (Å²) in [6, 6.07) is 17.4. The zero-order valence-corrected chi connectivity index (χ0v) is 24.7. The Balaban J connectivity index is 1.32. The molecule has 0 saturated carbocycles. The second kappa shape index (κ2) is 13.6. The maximum Gasteiger partial charge on any atom is 0.251 e. The minimum Gasteiger partial charge on any atom is -0.457 e. The quantitative estimate of drug-likeness (QED) is 0.277. The van der Waals surface area contributed by atoms with Crippen molar-refractivity contribution in [2.24, 2.45) is 10.9 Å². The molecule has 3 atom stereocenters. The van der Waals surface area contributed by atoms with Gasteiger partial charge in [0.15, 0.2) is 0 Å². The Morgan fingerprint density at radius 1 is 1.02 bits per heavy atom. The molecule has 8 nitrogen and oxygen atoms in total. The first kappa shape index (κ1) is 29.4. The molecular formula is C30H34N4O4S2. The molecule has 1 aliphatic rings. The predicted molar refractivity (Wildman–Crippen MR) is 161 cm³/mol. The van der Waals surface area contributed by atoms with Crippen LogP contribution in [-0.2, 0) is 16.1 Å². The van der Waals surface area contributed by atoms with Crippen LogP contribution in [0.4, 0.5) is 0 Å². The third kappa shape index (κ3) is 7.11. The largest absolute Gasteiger partial charge is 0.457 e. The number of nitrogens with one attached hydrogen (secondary N) is 2. The van der Waals surface area contributed by atoms with Crippen LogP contribution in [0.1, 0.15) is 41.1 Å². The number of aliphatic imine (C=N–C) groups is 1. The molecule has 40 heavy (non-hydrogen) atoms. The number of carbonyl (C=O) groups excluding carboxylic acids is 3. The van der Waals surface area contributed by atoms with Crippen LogP contribution in [0.3, 0.4) is 0 Å². The summed E-state index contributed by atoms with van der Waals surface area (Å²) < 4.78 is 5.77. The third-order valence-corrected chi connectivity index (χ3v) is 8.76. The van der Waals surface area contributed by atoms with Crippen LogP contribution in [0.25, 0.3) is 0 Å². The Bertz CT molecular complexity index is 1360. The molecule has 1 aromatic heterocycles. The summed E-state index contributed by atoms with van der Waals surface area (Å²) in [5, 5.41) is 8.68. The van der Waals surface area contributed by atoms with E-state index in [1.54, 1.807) is 59.3 Å². The number of ether oxygens (including phenoxy) is 1. The van der Waals surface area contributed by atoms with E-state index < -0.39 is 6.04 Å². The highest BCUT2D eigenvalue weighted by Crippen LogP contribution is 2.30. The molecule has 2 heterocycles. The number of para-hydroxylation sites is 1. The van der Waals surface area contributed by atoms with Crippen LogP contribution >= 0.6 is 23.1 Å². The first-order valence-electron chi connectivity index (χ1n) is 13.1. The molecule has 3 aromatic rings. The SMILES string of the molecule is CN=C(SC)c1csc(CNC(=O)C2CC(C)C(C)N2C(=O)CNC(=O)c2ccc(Oc3ccccc3)cc2)c1. The maximum atomic E-state index is 13.2. The molecule has 0 spiro atoms. The minimum absolute atomic E-state index is 0.118. The van der Waals surface area contributed by atoms with Gasteiger partial charge < -0.3 is 20.3 Å². The molecule has 0 bridgehead atoms. The van der Waals surface area contributed by atoms with Crippen LogP contribution in [-0.4, -0.2) is 59.6 Å². The molecule has 2 N–H and O–H groups in total. The lowest BCUT2D eigenvalue weighted by Crippen LogP contribution is -2.51. The van der Waals surface area contributed by atoms with Crippen LogP contribution < -0.4 is 15.4 Å². The number of likely N-dealkylation sites (tertiary alicyclic amines) is 1. The van der Waals surface area contributed by atoms with Crippen molar-refractivity contribution in [1.82, 2.24) is 15.5 Å². The van der Waals surface area contributed by atoms with Gasteiger partial charge in [0, 0.05) is 34.5 Å². The van der Waals surface area contributed by atoms with E-state index in [9.17, 15) is 14.4 Å². The second-order valence-electron chi connectivity index (χ2n) is 9.64.